The number of carbonyl (C=O) groups is 3. The first-order chi connectivity index (χ1) is 14.1. The second-order valence-corrected chi connectivity index (χ2v) is 7.21. The zero-order chi connectivity index (χ0) is 22.7. The maximum atomic E-state index is 12.4. The summed E-state index contributed by atoms with van der Waals surface area (Å²) < 4.78 is 34.1. The van der Waals surface area contributed by atoms with Crippen molar-refractivity contribution in [3.63, 3.8) is 0 Å². The predicted octanol–water partition coefficient (Wildman–Crippen LogP) is 1.33. The summed E-state index contributed by atoms with van der Waals surface area (Å²) in [6.45, 7) is 1.17. The van der Waals surface area contributed by atoms with Crippen LogP contribution in [-0.4, -0.2) is 49.1 Å². The molecule has 0 radical (unpaired) electrons. The quantitative estimate of drug-likeness (QED) is 0.431. The molecule has 0 aliphatic carbocycles. The van der Waals surface area contributed by atoms with E-state index in [0.717, 1.165) is 0 Å². The van der Waals surface area contributed by atoms with Crippen LogP contribution < -0.4 is 16.4 Å². The standard InChI is InChI=1S/C20H29F2N3O5/c1-12(2)9-15(23)18(27)24-13(3)17(26)25-16(11-30-20(21)22)19(28)29-10-14-7-5-4-6-8-14/h4-8,12-13,15-16,20H,9-11,23H2,1-3H3,(H,24,27)(H,25,26)/t13?,15-,16-/m0/s1. The van der Waals surface area contributed by atoms with E-state index in [0.29, 0.717) is 12.0 Å². The molecule has 1 aromatic rings. The van der Waals surface area contributed by atoms with Crippen LogP contribution >= 0.6 is 0 Å². The molecular weight excluding hydrogens is 400 g/mol. The van der Waals surface area contributed by atoms with Gasteiger partial charge in [0.15, 0.2) is 6.04 Å². The Morgan fingerprint density at radius 2 is 1.67 bits per heavy atom. The van der Waals surface area contributed by atoms with Crippen molar-refractivity contribution >= 4 is 17.8 Å². The van der Waals surface area contributed by atoms with Crippen molar-refractivity contribution in [2.45, 2.75) is 58.5 Å². The Morgan fingerprint density at radius 3 is 2.23 bits per heavy atom. The molecule has 1 aromatic carbocycles. The molecule has 8 nitrogen and oxygen atoms in total. The summed E-state index contributed by atoms with van der Waals surface area (Å²) in [7, 11) is 0. The van der Waals surface area contributed by atoms with E-state index in [1.807, 2.05) is 13.8 Å². The Kier molecular flexibility index (Phi) is 10.9. The fourth-order valence-corrected chi connectivity index (χ4v) is 2.46. The van der Waals surface area contributed by atoms with Gasteiger partial charge in [0, 0.05) is 0 Å². The van der Waals surface area contributed by atoms with Gasteiger partial charge in [-0.15, -0.1) is 0 Å². The average Bonchev–Trinajstić information content (AvgIpc) is 2.69. The molecule has 0 aromatic heterocycles. The van der Waals surface area contributed by atoms with Crippen LogP contribution in [0.4, 0.5) is 8.78 Å². The third kappa shape index (κ3) is 9.75. The Balaban J connectivity index is 2.67. The van der Waals surface area contributed by atoms with Crippen LogP contribution in [0, 0.1) is 5.92 Å². The SMILES string of the molecule is CC(C)C[C@H](N)C(=O)NC(C)C(=O)N[C@@H](COC(F)F)C(=O)OCc1ccccc1. The number of halogens is 2. The Hall–Kier alpha value is -2.59. The second kappa shape index (κ2) is 12.9. The van der Waals surface area contributed by atoms with Gasteiger partial charge in [-0.3, -0.25) is 9.59 Å². The van der Waals surface area contributed by atoms with Gasteiger partial charge in [-0.25, -0.2) is 4.79 Å². The van der Waals surface area contributed by atoms with Crippen LogP contribution in [0.3, 0.4) is 0 Å². The Morgan fingerprint density at radius 1 is 1.03 bits per heavy atom. The smallest absolute Gasteiger partial charge is 0.345 e. The number of rotatable bonds is 12. The van der Waals surface area contributed by atoms with E-state index in [4.69, 9.17) is 10.5 Å². The summed E-state index contributed by atoms with van der Waals surface area (Å²) in [5, 5.41) is 4.70. The highest BCUT2D eigenvalue weighted by Crippen LogP contribution is 2.05. The molecule has 168 valence electrons. The third-order valence-electron chi connectivity index (χ3n) is 4.03. The van der Waals surface area contributed by atoms with Gasteiger partial charge < -0.3 is 25.8 Å². The molecule has 0 fully saturated rings. The van der Waals surface area contributed by atoms with Crippen molar-refractivity contribution in [1.29, 1.82) is 0 Å². The number of nitrogens with two attached hydrogens (primary N) is 1. The lowest BCUT2D eigenvalue weighted by Crippen LogP contribution is -2.54. The van der Waals surface area contributed by atoms with Crippen molar-refractivity contribution in [2.75, 3.05) is 6.61 Å². The molecule has 0 aliphatic rings. The molecule has 10 heteroatoms. The lowest BCUT2D eigenvalue weighted by Gasteiger charge is -2.22. The normalized spacial score (nSPS) is 14.1. The molecule has 30 heavy (non-hydrogen) atoms. The highest BCUT2D eigenvalue weighted by molar-refractivity contribution is 5.91. The van der Waals surface area contributed by atoms with Crippen molar-refractivity contribution in [1.82, 2.24) is 10.6 Å². The molecule has 1 unspecified atom stereocenters. The first-order valence-electron chi connectivity index (χ1n) is 9.56. The molecule has 0 heterocycles. The first-order valence-corrected chi connectivity index (χ1v) is 9.56. The van der Waals surface area contributed by atoms with Gasteiger partial charge in [0.05, 0.1) is 12.6 Å². The molecule has 0 saturated carbocycles. The highest BCUT2D eigenvalue weighted by Gasteiger charge is 2.28. The van der Waals surface area contributed by atoms with E-state index in [-0.39, 0.29) is 12.5 Å². The van der Waals surface area contributed by atoms with Gasteiger partial charge in [0.2, 0.25) is 11.8 Å². The van der Waals surface area contributed by atoms with Crippen molar-refractivity contribution in [3.05, 3.63) is 35.9 Å². The number of carbonyl (C=O) groups excluding carboxylic acids is 3. The highest BCUT2D eigenvalue weighted by atomic mass is 19.3. The maximum absolute atomic E-state index is 12.4. The summed E-state index contributed by atoms with van der Waals surface area (Å²) in [4.78, 5) is 36.7. The fourth-order valence-electron chi connectivity index (χ4n) is 2.46. The number of esters is 1. The maximum Gasteiger partial charge on any atom is 0.345 e. The number of hydrogen-bond donors (Lipinski definition) is 3. The molecular formula is C20H29F2N3O5. The molecule has 0 bridgehead atoms. The molecule has 3 atom stereocenters. The van der Waals surface area contributed by atoms with Crippen molar-refractivity contribution in [3.8, 4) is 0 Å². The second-order valence-electron chi connectivity index (χ2n) is 7.21. The molecule has 1 rings (SSSR count). The number of alkyl halides is 2. The number of ether oxygens (including phenoxy) is 2. The lowest BCUT2D eigenvalue weighted by molar-refractivity contribution is -0.161. The summed E-state index contributed by atoms with van der Waals surface area (Å²) in [5.41, 5.74) is 6.46. The van der Waals surface area contributed by atoms with Crippen LogP contribution in [-0.2, 0) is 30.5 Å². The van der Waals surface area contributed by atoms with Crippen molar-refractivity contribution < 1.29 is 32.6 Å². The van der Waals surface area contributed by atoms with E-state index in [1.165, 1.54) is 6.92 Å². The van der Waals surface area contributed by atoms with E-state index in [2.05, 4.69) is 15.4 Å². The predicted molar refractivity (Wildman–Crippen MR) is 105 cm³/mol. The third-order valence-corrected chi connectivity index (χ3v) is 4.03. The lowest BCUT2D eigenvalue weighted by atomic mass is 10.0. The molecule has 2 amide bonds. The Labute approximate surface area is 174 Å². The first kappa shape index (κ1) is 25.4. The van der Waals surface area contributed by atoms with Gasteiger partial charge >= 0.3 is 12.6 Å². The molecule has 4 N–H and O–H groups in total. The van der Waals surface area contributed by atoms with Crippen LogP contribution in [0.1, 0.15) is 32.8 Å². The molecule has 0 spiro atoms. The number of amides is 2. The number of benzene rings is 1. The zero-order valence-corrected chi connectivity index (χ0v) is 17.3. The fraction of sp³-hybridized carbons (Fsp3) is 0.550. The van der Waals surface area contributed by atoms with Crippen molar-refractivity contribution in [2.24, 2.45) is 11.7 Å². The number of nitrogens with one attached hydrogen (secondary N) is 2. The topological polar surface area (TPSA) is 120 Å². The van der Waals surface area contributed by atoms with E-state index in [1.54, 1.807) is 30.3 Å². The summed E-state index contributed by atoms with van der Waals surface area (Å²) in [6, 6.07) is 5.39. The van der Waals surface area contributed by atoms with Crippen LogP contribution in [0.2, 0.25) is 0 Å². The zero-order valence-electron chi connectivity index (χ0n) is 17.3. The van der Waals surface area contributed by atoms with Gasteiger partial charge in [-0.05, 0) is 24.8 Å². The largest absolute Gasteiger partial charge is 0.459 e. The van der Waals surface area contributed by atoms with E-state index in [9.17, 15) is 23.2 Å². The van der Waals surface area contributed by atoms with Gasteiger partial charge in [-0.2, -0.15) is 8.78 Å². The molecule has 0 saturated heterocycles. The van der Waals surface area contributed by atoms with Crippen LogP contribution in [0.5, 0.6) is 0 Å². The summed E-state index contributed by atoms with van der Waals surface area (Å²) in [6.07, 6.45) is 0.427. The number of hydrogen-bond acceptors (Lipinski definition) is 6. The molecule has 0 aliphatic heterocycles. The monoisotopic (exact) mass is 429 g/mol. The van der Waals surface area contributed by atoms with E-state index < -0.39 is 49.1 Å². The van der Waals surface area contributed by atoms with Gasteiger partial charge in [0.25, 0.3) is 0 Å². The minimum atomic E-state index is -3.13. The Bertz CT molecular complexity index is 688. The summed E-state index contributed by atoms with van der Waals surface area (Å²) >= 11 is 0. The van der Waals surface area contributed by atoms with Gasteiger partial charge in [0.1, 0.15) is 12.6 Å². The van der Waals surface area contributed by atoms with Gasteiger partial charge in [-0.1, -0.05) is 44.2 Å². The van der Waals surface area contributed by atoms with E-state index >= 15 is 0 Å². The average molecular weight is 429 g/mol. The van der Waals surface area contributed by atoms with Crippen LogP contribution in [0.15, 0.2) is 30.3 Å². The minimum Gasteiger partial charge on any atom is -0.459 e. The minimum absolute atomic E-state index is 0.100. The summed E-state index contributed by atoms with van der Waals surface area (Å²) in [5.74, 6) is -2.05. The van der Waals surface area contributed by atoms with Crippen LogP contribution in [0.25, 0.3) is 0 Å².